The van der Waals surface area contributed by atoms with Crippen molar-refractivity contribution in [1.29, 1.82) is 0 Å². The lowest BCUT2D eigenvalue weighted by molar-refractivity contribution is -0.137. The molecule has 0 aromatic heterocycles. The van der Waals surface area contributed by atoms with E-state index >= 15 is 0 Å². The maximum atomic E-state index is 12.8. The second kappa shape index (κ2) is 6.26. The van der Waals surface area contributed by atoms with Gasteiger partial charge in [0.05, 0.1) is 18.4 Å². The van der Waals surface area contributed by atoms with Gasteiger partial charge in [0, 0.05) is 11.8 Å². The van der Waals surface area contributed by atoms with E-state index in [9.17, 15) is 18.0 Å². The molecule has 0 aliphatic rings. The number of hydrogen-bond donors (Lipinski definition) is 1. The first-order valence-corrected chi connectivity index (χ1v) is 5.60. The van der Waals surface area contributed by atoms with Gasteiger partial charge in [-0.15, -0.1) is 0 Å². The molecule has 0 amide bonds. The van der Waals surface area contributed by atoms with Gasteiger partial charge in [-0.25, -0.2) is 4.79 Å². The molecule has 1 N–H and O–H groups in total. The van der Waals surface area contributed by atoms with Gasteiger partial charge >= 0.3 is 12.1 Å². The number of nitrogens with one attached hydrogen (secondary N) is 1. The molecule has 0 unspecified atom stereocenters. The third-order valence-electron chi connectivity index (χ3n) is 2.40. The van der Waals surface area contributed by atoms with Gasteiger partial charge < -0.3 is 10.1 Å². The van der Waals surface area contributed by atoms with Gasteiger partial charge in [0.2, 0.25) is 0 Å². The third kappa shape index (κ3) is 4.31. The van der Waals surface area contributed by atoms with Crippen LogP contribution in [0.15, 0.2) is 36.0 Å². The van der Waals surface area contributed by atoms with Crippen LogP contribution in [0.5, 0.6) is 0 Å². The summed E-state index contributed by atoms with van der Waals surface area (Å²) in [6.07, 6.45) is -2.94. The first kappa shape index (κ1) is 15.1. The molecule has 0 atom stereocenters. The van der Waals surface area contributed by atoms with Crippen molar-refractivity contribution in [1.82, 2.24) is 0 Å². The van der Waals surface area contributed by atoms with Crippen molar-refractivity contribution in [3.63, 3.8) is 0 Å². The van der Waals surface area contributed by atoms with Gasteiger partial charge in [-0.2, -0.15) is 13.2 Å². The second-order valence-corrected chi connectivity index (χ2v) is 3.71. The highest BCUT2D eigenvalue weighted by atomic mass is 19.4. The predicted molar refractivity (Wildman–Crippen MR) is 65.5 cm³/mol. The van der Waals surface area contributed by atoms with Crippen molar-refractivity contribution >= 4 is 11.7 Å². The molecule has 0 aliphatic carbocycles. The predicted octanol–water partition coefficient (Wildman–Crippen LogP) is 3.58. The summed E-state index contributed by atoms with van der Waals surface area (Å²) in [5.41, 5.74) is -0.519. The van der Waals surface area contributed by atoms with Crippen molar-refractivity contribution < 1.29 is 22.7 Å². The van der Waals surface area contributed by atoms with Crippen LogP contribution in [0.4, 0.5) is 18.9 Å². The molecule has 1 aromatic carbocycles. The Kier molecular flexibility index (Phi) is 4.97. The Morgan fingerprint density at radius 3 is 2.53 bits per heavy atom. The van der Waals surface area contributed by atoms with Crippen LogP contribution < -0.4 is 5.32 Å². The lowest BCUT2D eigenvalue weighted by Gasteiger charge is -2.15. The van der Waals surface area contributed by atoms with E-state index in [0.717, 1.165) is 12.1 Å². The number of alkyl halides is 3. The summed E-state index contributed by atoms with van der Waals surface area (Å²) in [4.78, 5) is 11.1. The number of hydrogen-bond acceptors (Lipinski definition) is 3. The molecule has 0 heterocycles. The van der Waals surface area contributed by atoms with E-state index in [1.807, 2.05) is 0 Å². The fraction of sp³-hybridized carbons (Fsp3) is 0.308. The van der Waals surface area contributed by atoms with Crippen LogP contribution in [0.1, 0.15) is 18.9 Å². The van der Waals surface area contributed by atoms with Crippen LogP contribution in [0.25, 0.3) is 0 Å². The summed E-state index contributed by atoms with van der Waals surface area (Å²) in [5.74, 6) is -0.617. The number of carbonyl (C=O) groups excluding carboxylic acids is 1. The van der Waals surface area contributed by atoms with Crippen molar-refractivity contribution in [3.05, 3.63) is 41.6 Å². The maximum absolute atomic E-state index is 12.8. The number of benzene rings is 1. The van der Waals surface area contributed by atoms with Gasteiger partial charge in [0.25, 0.3) is 0 Å². The fourth-order valence-electron chi connectivity index (χ4n) is 1.44. The standard InChI is InChI=1S/C13H14F3NO2/c1-3-9(8-12(18)19-2)17-11-7-5-4-6-10(11)13(14,15)16/h4-8,17H,3H2,1-2H3/b9-8-. The molecule has 0 spiro atoms. The quantitative estimate of drug-likeness (QED) is 0.673. The Labute approximate surface area is 109 Å². The number of methoxy groups -OCH3 is 1. The Morgan fingerprint density at radius 1 is 1.37 bits per heavy atom. The van der Waals surface area contributed by atoms with Crippen molar-refractivity contribution in [2.75, 3.05) is 12.4 Å². The minimum absolute atomic E-state index is 0.0907. The van der Waals surface area contributed by atoms with Crippen LogP contribution >= 0.6 is 0 Å². The van der Waals surface area contributed by atoms with Crippen LogP contribution in [0.2, 0.25) is 0 Å². The lowest BCUT2D eigenvalue weighted by atomic mass is 10.1. The van der Waals surface area contributed by atoms with E-state index in [-0.39, 0.29) is 5.69 Å². The molecule has 0 radical (unpaired) electrons. The molecule has 0 fully saturated rings. The number of carbonyl (C=O) groups is 1. The Morgan fingerprint density at radius 2 is 2.00 bits per heavy atom. The van der Waals surface area contributed by atoms with E-state index in [1.54, 1.807) is 6.92 Å². The average Bonchev–Trinajstić information content (AvgIpc) is 2.37. The zero-order chi connectivity index (χ0) is 14.5. The minimum Gasteiger partial charge on any atom is -0.466 e. The smallest absolute Gasteiger partial charge is 0.418 e. The topological polar surface area (TPSA) is 38.3 Å². The number of halogens is 3. The summed E-state index contributed by atoms with van der Waals surface area (Å²) in [6, 6.07) is 5.09. The van der Waals surface area contributed by atoms with E-state index in [2.05, 4.69) is 10.1 Å². The Hall–Kier alpha value is -1.98. The molecule has 104 valence electrons. The third-order valence-corrected chi connectivity index (χ3v) is 2.40. The summed E-state index contributed by atoms with van der Waals surface area (Å²) < 4.78 is 42.8. The largest absolute Gasteiger partial charge is 0.466 e. The van der Waals surface area contributed by atoms with Gasteiger partial charge in [-0.3, -0.25) is 0 Å². The Balaban J connectivity index is 3.05. The first-order chi connectivity index (χ1) is 8.88. The number of anilines is 1. The second-order valence-electron chi connectivity index (χ2n) is 3.71. The Bertz CT molecular complexity index is 481. The number of para-hydroxylation sites is 1. The van der Waals surface area contributed by atoms with Crippen molar-refractivity contribution in [2.24, 2.45) is 0 Å². The summed E-state index contributed by atoms with van der Waals surface area (Å²) >= 11 is 0. The number of ether oxygens (including phenoxy) is 1. The highest BCUT2D eigenvalue weighted by Crippen LogP contribution is 2.35. The SMILES string of the molecule is CC/C(=C/C(=O)OC)Nc1ccccc1C(F)(F)F. The summed E-state index contributed by atoms with van der Waals surface area (Å²) in [5, 5.41) is 2.61. The highest BCUT2D eigenvalue weighted by Gasteiger charge is 2.33. The lowest BCUT2D eigenvalue weighted by Crippen LogP contribution is -2.11. The van der Waals surface area contributed by atoms with Crippen LogP contribution in [-0.2, 0) is 15.7 Å². The first-order valence-electron chi connectivity index (χ1n) is 5.60. The fourth-order valence-corrected chi connectivity index (χ4v) is 1.44. The van der Waals surface area contributed by atoms with E-state index < -0.39 is 17.7 Å². The summed E-state index contributed by atoms with van der Waals surface area (Å²) in [7, 11) is 1.20. The zero-order valence-corrected chi connectivity index (χ0v) is 10.5. The molecule has 0 bridgehead atoms. The molecular weight excluding hydrogens is 259 g/mol. The molecule has 1 rings (SSSR count). The average molecular weight is 273 g/mol. The molecule has 6 heteroatoms. The minimum atomic E-state index is -4.45. The van der Waals surface area contributed by atoms with Gasteiger partial charge in [-0.1, -0.05) is 19.1 Å². The van der Waals surface area contributed by atoms with Crippen LogP contribution in [-0.4, -0.2) is 13.1 Å². The monoisotopic (exact) mass is 273 g/mol. The normalized spacial score (nSPS) is 12.2. The number of esters is 1. The molecule has 0 aliphatic heterocycles. The maximum Gasteiger partial charge on any atom is 0.418 e. The van der Waals surface area contributed by atoms with Crippen LogP contribution in [0.3, 0.4) is 0 Å². The van der Waals surface area contributed by atoms with E-state index in [4.69, 9.17) is 0 Å². The molecule has 0 saturated carbocycles. The molecule has 1 aromatic rings. The molecule has 0 saturated heterocycles. The highest BCUT2D eigenvalue weighted by molar-refractivity contribution is 5.83. The van der Waals surface area contributed by atoms with Gasteiger partial charge in [0.1, 0.15) is 0 Å². The zero-order valence-electron chi connectivity index (χ0n) is 10.5. The summed E-state index contributed by atoms with van der Waals surface area (Å²) in [6.45, 7) is 1.72. The van der Waals surface area contributed by atoms with Gasteiger partial charge in [-0.05, 0) is 18.6 Å². The van der Waals surface area contributed by atoms with Crippen molar-refractivity contribution in [2.45, 2.75) is 19.5 Å². The van der Waals surface area contributed by atoms with E-state index in [0.29, 0.717) is 12.1 Å². The number of allylic oxidation sites excluding steroid dienone is 1. The van der Waals surface area contributed by atoms with Gasteiger partial charge in [0.15, 0.2) is 0 Å². The van der Waals surface area contributed by atoms with E-state index in [1.165, 1.54) is 25.3 Å². The van der Waals surface area contributed by atoms with Crippen LogP contribution in [0, 0.1) is 0 Å². The molecule has 19 heavy (non-hydrogen) atoms. The van der Waals surface area contributed by atoms with Crippen molar-refractivity contribution in [3.8, 4) is 0 Å². The molecule has 3 nitrogen and oxygen atoms in total. The number of rotatable bonds is 4. The molecular formula is C13H14F3NO2.